The van der Waals surface area contributed by atoms with Crippen molar-refractivity contribution in [2.45, 2.75) is 59.3 Å². The number of aryl methyl sites for hydroxylation is 1. The van der Waals surface area contributed by atoms with E-state index in [1.54, 1.807) is 0 Å². The van der Waals surface area contributed by atoms with Gasteiger partial charge in [0.15, 0.2) is 0 Å². The van der Waals surface area contributed by atoms with Gasteiger partial charge in [0.25, 0.3) is 0 Å². The van der Waals surface area contributed by atoms with E-state index >= 15 is 0 Å². The lowest BCUT2D eigenvalue weighted by Gasteiger charge is -2.35. The molecule has 2 fully saturated rings. The molecule has 1 saturated carbocycles. The number of anilines is 1. The normalized spacial score (nSPS) is 24.3. The first kappa shape index (κ1) is 18.9. The Morgan fingerprint density at radius 3 is 2.23 bits per heavy atom. The minimum Gasteiger partial charge on any atom is -0.342 e. The van der Waals surface area contributed by atoms with E-state index < -0.39 is 0 Å². The zero-order valence-electron chi connectivity index (χ0n) is 16.4. The molecule has 0 bridgehead atoms. The lowest BCUT2D eigenvalue weighted by atomic mass is 9.80. The van der Waals surface area contributed by atoms with Crippen molar-refractivity contribution in [2.75, 3.05) is 18.4 Å². The van der Waals surface area contributed by atoms with Gasteiger partial charge in [0.05, 0.1) is 0 Å². The van der Waals surface area contributed by atoms with Crippen molar-refractivity contribution in [3.05, 3.63) is 29.3 Å². The number of benzene rings is 1. The van der Waals surface area contributed by atoms with E-state index in [-0.39, 0.29) is 17.7 Å². The second kappa shape index (κ2) is 8.24. The van der Waals surface area contributed by atoms with Crippen LogP contribution in [0.15, 0.2) is 18.2 Å². The third-order valence-electron chi connectivity index (χ3n) is 6.41. The van der Waals surface area contributed by atoms with Crippen LogP contribution in [-0.2, 0) is 9.59 Å². The van der Waals surface area contributed by atoms with Gasteiger partial charge in [-0.25, -0.2) is 0 Å². The first-order valence-electron chi connectivity index (χ1n) is 10.1. The zero-order valence-corrected chi connectivity index (χ0v) is 16.4. The predicted molar refractivity (Wildman–Crippen MR) is 105 cm³/mol. The number of nitrogens with one attached hydrogen (secondary N) is 1. The monoisotopic (exact) mass is 356 g/mol. The Morgan fingerprint density at radius 2 is 1.58 bits per heavy atom. The number of likely N-dealkylation sites (tertiary alicyclic amines) is 1. The quantitative estimate of drug-likeness (QED) is 0.877. The fourth-order valence-corrected chi connectivity index (χ4v) is 4.21. The van der Waals surface area contributed by atoms with Gasteiger partial charge in [0.2, 0.25) is 11.8 Å². The Balaban J connectivity index is 1.51. The topological polar surface area (TPSA) is 49.4 Å². The molecule has 1 heterocycles. The van der Waals surface area contributed by atoms with Crippen molar-refractivity contribution in [1.29, 1.82) is 0 Å². The smallest absolute Gasteiger partial charge is 0.227 e. The zero-order chi connectivity index (χ0) is 18.7. The minimum absolute atomic E-state index is 0.0281. The molecule has 4 heteroatoms. The van der Waals surface area contributed by atoms with Crippen LogP contribution in [-0.4, -0.2) is 29.8 Å². The second-order valence-electron chi connectivity index (χ2n) is 8.29. The molecule has 2 aliphatic rings. The fraction of sp³-hybridized carbons (Fsp3) is 0.636. The van der Waals surface area contributed by atoms with Crippen LogP contribution in [0.5, 0.6) is 0 Å². The highest BCUT2D eigenvalue weighted by Crippen LogP contribution is 2.32. The lowest BCUT2D eigenvalue weighted by molar-refractivity contribution is -0.139. The number of piperidine rings is 1. The van der Waals surface area contributed by atoms with Crippen LogP contribution in [0.2, 0.25) is 0 Å². The van der Waals surface area contributed by atoms with E-state index in [1.807, 2.05) is 19.1 Å². The maximum atomic E-state index is 12.7. The molecule has 1 aromatic carbocycles. The van der Waals surface area contributed by atoms with Crippen LogP contribution < -0.4 is 5.32 Å². The van der Waals surface area contributed by atoms with Gasteiger partial charge >= 0.3 is 0 Å². The summed E-state index contributed by atoms with van der Waals surface area (Å²) in [6.45, 7) is 8.19. The summed E-state index contributed by atoms with van der Waals surface area (Å²) in [6, 6.07) is 6.00. The highest BCUT2D eigenvalue weighted by molar-refractivity contribution is 5.93. The first-order valence-corrected chi connectivity index (χ1v) is 10.1. The number of carbonyl (C=O) groups is 2. The Labute approximate surface area is 157 Å². The van der Waals surface area contributed by atoms with E-state index in [4.69, 9.17) is 0 Å². The standard InChI is InChI=1S/C22H32N2O2/c1-15-11-13-24(14-12-15)22(26)19-9-7-18(8-10-19)21(25)23-20-6-4-5-16(2)17(20)3/h4-6,15,18-19H,7-14H2,1-3H3,(H,23,25). The van der Waals surface area contributed by atoms with E-state index in [2.05, 4.69) is 30.1 Å². The van der Waals surface area contributed by atoms with Gasteiger partial charge in [-0.2, -0.15) is 0 Å². The number of hydrogen-bond donors (Lipinski definition) is 1. The molecule has 2 amide bonds. The molecular weight excluding hydrogens is 324 g/mol. The molecule has 0 unspecified atom stereocenters. The molecular formula is C22H32N2O2. The third kappa shape index (κ3) is 4.28. The summed E-state index contributed by atoms with van der Waals surface area (Å²) in [6.07, 6.45) is 5.57. The molecule has 142 valence electrons. The van der Waals surface area contributed by atoms with E-state index in [0.717, 1.165) is 68.8 Å². The van der Waals surface area contributed by atoms with Crippen molar-refractivity contribution >= 4 is 17.5 Å². The lowest BCUT2D eigenvalue weighted by Crippen LogP contribution is -2.42. The van der Waals surface area contributed by atoms with Crippen LogP contribution in [0, 0.1) is 31.6 Å². The van der Waals surface area contributed by atoms with Gasteiger partial charge in [-0.3, -0.25) is 9.59 Å². The third-order valence-corrected chi connectivity index (χ3v) is 6.41. The van der Waals surface area contributed by atoms with Gasteiger partial charge in [-0.05, 0) is 75.5 Å². The van der Waals surface area contributed by atoms with Crippen LogP contribution in [0.3, 0.4) is 0 Å². The molecule has 4 nitrogen and oxygen atoms in total. The molecule has 1 aromatic rings. The molecule has 26 heavy (non-hydrogen) atoms. The molecule has 0 aromatic heterocycles. The number of carbonyl (C=O) groups excluding carboxylic acids is 2. The number of hydrogen-bond acceptors (Lipinski definition) is 2. The molecule has 0 spiro atoms. The summed E-state index contributed by atoms with van der Waals surface area (Å²) in [5.41, 5.74) is 3.23. The van der Waals surface area contributed by atoms with Gasteiger partial charge in [-0.1, -0.05) is 19.1 Å². The van der Waals surface area contributed by atoms with Crippen LogP contribution >= 0.6 is 0 Å². The fourth-order valence-electron chi connectivity index (χ4n) is 4.21. The molecule has 1 aliphatic heterocycles. The van der Waals surface area contributed by atoms with Crippen molar-refractivity contribution in [3.63, 3.8) is 0 Å². The minimum atomic E-state index is 0.0281. The van der Waals surface area contributed by atoms with Crippen molar-refractivity contribution in [2.24, 2.45) is 17.8 Å². The summed E-state index contributed by atoms with van der Waals surface area (Å²) in [7, 11) is 0. The first-order chi connectivity index (χ1) is 12.5. The second-order valence-corrected chi connectivity index (χ2v) is 8.29. The maximum Gasteiger partial charge on any atom is 0.227 e. The molecule has 0 radical (unpaired) electrons. The summed E-state index contributed by atoms with van der Waals surface area (Å²) >= 11 is 0. The van der Waals surface area contributed by atoms with E-state index in [1.165, 1.54) is 5.56 Å². The van der Waals surface area contributed by atoms with Gasteiger partial charge < -0.3 is 10.2 Å². The number of rotatable bonds is 3. The molecule has 1 saturated heterocycles. The van der Waals surface area contributed by atoms with E-state index in [9.17, 15) is 9.59 Å². The Morgan fingerprint density at radius 1 is 0.962 bits per heavy atom. The maximum absolute atomic E-state index is 12.7. The highest BCUT2D eigenvalue weighted by Gasteiger charge is 2.33. The SMILES string of the molecule is Cc1cccc(NC(=O)C2CCC(C(=O)N3CCC(C)CC3)CC2)c1C. The summed E-state index contributed by atoms with van der Waals surface area (Å²) < 4.78 is 0. The number of amides is 2. The van der Waals surface area contributed by atoms with Crippen LogP contribution in [0.1, 0.15) is 56.6 Å². The largest absolute Gasteiger partial charge is 0.342 e. The van der Waals surface area contributed by atoms with Crippen molar-refractivity contribution in [3.8, 4) is 0 Å². The van der Waals surface area contributed by atoms with Gasteiger partial charge in [-0.15, -0.1) is 0 Å². The Hall–Kier alpha value is -1.84. The Bertz CT molecular complexity index is 654. The molecule has 1 N–H and O–H groups in total. The summed E-state index contributed by atoms with van der Waals surface area (Å²) in [4.78, 5) is 27.4. The predicted octanol–water partition coefficient (Wildman–Crippen LogP) is 4.31. The molecule has 3 rings (SSSR count). The Kier molecular flexibility index (Phi) is 6.00. The average Bonchev–Trinajstić information content (AvgIpc) is 2.65. The van der Waals surface area contributed by atoms with Crippen molar-refractivity contribution < 1.29 is 9.59 Å². The molecule has 0 atom stereocenters. The van der Waals surface area contributed by atoms with Gasteiger partial charge in [0.1, 0.15) is 0 Å². The van der Waals surface area contributed by atoms with Crippen LogP contribution in [0.25, 0.3) is 0 Å². The van der Waals surface area contributed by atoms with Gasteiger partial charge in [0, 0.05) is 30.6 Å². The summed E-state index contributed by atoms with van der Waals surface area (Å²) in [5.74, 6) is 1.32. The summed E-state index contributed by atoms with van der Waals surface area (Å²) in [5, 5.41) is 3.10. The number of nitrogens with zero attached hydrogens (tertiary/aromatic N) is 1. The van der Waals surface area contributed by atoms with E-state index in [0.29, 0.717) is 5.91 Å². The highest BCUT2D eigenvalue weighted by atomic mass is 16.2. The average molecular weight is 357 g/mol. The van der Waals surface area contributed by atoms with Crippen molar-refractivity contribution in [1.82, 2.24) is 4.90 Å². The molecule has 1 aliphatic carbocycles. The van der Waals surface area contributed by atoms with Crippen LogP contribution in [0.4, 0.5) is 5.69 Å².